The second-order valence-electron chi connectivity index (χ2n) is 7.21. The Hall–Kier alpha value is -2.97. The van der Waals surface area contributed by atoms with Crippen LogP contribution in [0.3, 0.4) is 0 Å². The van der Waals surface area contributed by atoms with Crippen molar-refractivity contribution in [3.63, 3.8) is 0 Å². The van der Waals surface area contributed by atoms with Gasteiger partial charge in [0.25, 0.3) is 5.56 Å². The number of benzene rings is 2. The first-order valence-electron chi connectivity index (χ1n) is 9.67. The van der Waals surface area contributed by atoms with E-state index in [1.165, 1.54) is 19.7 Å². The van der Waals surface area contributed by atoms with E-state index in [0.29, 0.717) is 6.42 Å². The molecule has 7 nitrogen and oxygen atoms in total. The quantitative estimate of drug-likeness (QED) is 0.596. The van der Waals surface area contributed by atoms with Crippen molar-refractivity contribution in [1.29, 1.82) is 0 Å². The monoisotopic (exact) mass is 427 g/mol. The molecule has 1 unspecified atom stereocenters. The van der Waals surface area contributed by atoms with E-state index in [9.17, 15) is 18.0 Å². The van der Waals surface area contributed by atoms with Crippen molar-refractivity contribution >= 4 is 10.0 Å². The van der Waals surface area contributed by atoms with Crippen molar-refractivity contribution in [3.05, 3.63) is 98.8 Å². The molecule has 2 aromatic carbocycles. The van der Waals surface area contributed by atoms with Crippen molar-refractivity contribution in [1.82, 2.24) is 13.9 Å². The summed E-state index contributed by atoms with van der Waals surface area (Å²) in [6.07, 6.45) is 3.20. The van der Waals surface area contributed by atoms with E-state index in [4.69, 9.17) is 0 Å². The van der Waals surface area contributed by atoms with Gasteiger partial charge in [0.05, 0.1) is 0 Å². The van der Waals surface area contributed by atoms with E-state index in [2.05, 4.69) is 4.72 Å². The molecule has 0 saturated heterocycles. The number of rotatable bonds is 8. The van der Waals surface area contributed by atoms with E-state index < -0.39 is 32.2 Å². The summed E-state index contributed by atoms with van der Waals surface area (Å²) >= 11 is 0. The Kier molecular flexibility index (Phi) is 6.69. The van der Waals surface area contributed by atoms with Crippen LogP contribution in [0.4, 0.5) is 0 Å². The summed E-state index contributed by atoms with van der Waals surface area (Å²) in [5, 5.41) is 0. The van der Waals surface area contributed by atoms with Crippen LogP contribution in [0.15, 0.2) is 81.3 Å². The minimum absolute atomic E-state index is 0.448. The molecule has 3 aromatic rings. The Morgan fingerprint density at radius 1 is 0.933 bits per heavy atom. The van der Waals surface area contributed by atoms with Gasteiger partial charge in [0.2, 0.25) is 10.0 Å². The maximum atomic E-state index is 13.0. The van der Waals surface area contributed by atoms with E-state index in [1.807, 2.05) is 60.7 Å². The van der Waals surface area contributed by atoms with E-state index >= 15 is 0 Å². The van der Waals surface area contributed by atoms with Gasteiger partial charge in [-0.3, -0.25) is 9.36 Å². The molecule has 0 radical (unpaired) electrons. The molecule has 1 N–H and O–H groups in total. The second kappa shape index (κ2) is 9.23. The third-order valence-corrected chi connectivity index (χ3v) is 6.46. The van der Waals surface area contributed by atoms with Gasteiger partial charge in [-0.25, -0.2) is 17.9 Å². The van der Waals surface area contributed by atoms with Crippen LogP contribution in [0.5, 0.6) is 0 Å². The van der Waals surface area contributed by atoms with Gasteiger partial charge in [0.15, 0.2) is 4.90 Å². The third kappa shape index (κ3) is 4.95. The van der Waals surface area contributed by atoms with Crippen LogP contribution in [0.2, 0.25) is 0 Å². The lowest BCUT2D eigenvalue weighted by Crippen LogP contribution is -2.42. The predicted molar refractivity (Wildman–Crippen MR) is 116 cm³/mol. The first-order valence-corrected chi connectivity index (χ1v) is 11.2. The lowest BCUT2D eigenvalue weighted by molar-refractivity contribution is 0.523. The van der Waals surface area contributed by atoms with Gasteiger partial charge in [-0.05, 0) is 30.4 Å². The first kappa shape index (κ1) is 21.7. The van der Waals surface area contributed by atoms with Gasteiger partial charge in [-0.1, -0.05) is 60.7 Å². The topological polar surface area (TPSA) is 90.2 Å². The number of aryl methyl sites for hydroxylation is 2. The van der Waals surface area contributed by atoms with Crippen LogP contribution in [0.1, 0.15) is 30.0 Å². The molecular weight excluding hydrogens is 402 g/mol. The highest BCUT2D eigenvalue weighted by Gasteiger charge is 2.25. The molecule has 0 saturated carbocycles. The zero-order valence-corrected chi connectivity index (χ0v) is 17.8. The smallest absolute Gasteiger partial charge is 0.302 e. The van der Waals surface area contributed by atoms with E-state index in [0.717, 1.165) is 33.7 Å². The molecule has 1 atom stereocenters. The number of aromatic nitrogens is 2. The van der Waals surface area contributed by atoms with Gasteiger partial charge in [0.1, 0.15) is 0 Å². The fourth-order valence-corrected chi connectivity index (χ4v) is 4.76. The normalized spacial score (nSPS) is 12.6. The Bertz CT molecular complexity index is 1220. The molecule has 1 heterocycles. The lowest BCUT2D eigenvalue weighted by atomic mass is 10.00. The molecule has 0 aliphatic heterocycles. The van der Waals surface area contributed by atoms with Crippen molar-refractivity contribution < 1.29 is 8.42 Å². The van der Waals surface area contributed by atoms with Gasteiger partial charge in [-0.2, -0.15) is 0 Å². The van der Waals surface area contributed by atoms with Gasteiger partial charge >= 0.3 is 5.69 Å². The van der Waals surface area contributed by atoms with Crippen LogP contribution >= 0.6 is 0 Å². The highest BCUT2D eigenvalue weighted by Crippen LogP contribution is 2.22. The third-order valence-electron chi connectivity index (χ3n) is 5.00. The summed E-state index contributed by atoms with van der Waals surface area (Å²) in [4.78, 5) is 23.9. The van der Waals surface area contributed by atoms with Gasteiger partial charge < -0.3 is 4.57 Å². The van der Waals surface area contributed by atoms with Crippen molar-refractivity contribution in [3.8, 4) is 0 Å². The van der Waals surface area contributed by atoms with Gasteiger partial charge in [0, 0.05) is 26.3 Å². The number of nitrogens with one attached hydrogen (secondary N) is 1. The van der Waals surface area contributed by atoms with E-state index in [-0.39, 0.29) is 0 Å². The maximum absolute atomic E-state index is 13.0. The molecule has 0 fully saturated rings. The molecular formula is C22H25N3O4S. The lowest BCUT2D eigenvalue weighted by Gasteiger charge is -2.19. The SMILES string of the molecule is Cn1cc(S(=O)(=O)NC(CCCc2ccccc2)c2ccccc2)c(=O)n(C)c1=O. The van der Waals surface area contributed by atoms with Crippen LogP contribution < -0.4 is 16.0 Å². The highest BCUT2D eigenvalue weighted by atomic mass is 32.2. The van der Waals surface area contributed by atoms with Crippen LogP contribution in [-0.2, 0) is 30.5 Å². The fourth-order valence-electron chi connectivity index (χ4n) is 3.34. The largest absolute Gasteiger partial charge is 0.330 e. The summed E-state index contributed by atoms with van der Waals surface area (Å²) in [6.45, 7) is 0. The Morgan fingerprint density at radius 2 is 1.53 bits per heavy atom. The zero-order valence-electron chi connectivity index (χ0n) is 17.0. The number of sulfonamides is 1. The Balaban J connectivity index is 1.87. The number of hydrogen-bond acceptors (Lipinski definition) is 4. The molecule has 3 rings (SSSR count). The average molecular weight is 428 g/mol. The standard InChI is InChI=1S/C22H25N3O4S/c1-24-16-20(21(26)25(2)22(24)27)30(28,29)23-19(18-13-7-4-8-14-18)15-9-12-17-10-5-3-6-11-17/h3-8,10-11,13-14,16,19,23H,9,12,15H2,1-2H3. The van der Waals surface area contributed by atoms with Crippen LogP contribution in [0.25, 0.3) is 0 Å². The number of hydrogen-bond donors (Lipinski definition) is 1. The summed E-state index contributed by atoms with van der Waals surface area (Å²) in [5.74, 6) is 0. The minimum Gasteiger partial charge on any atom is -0.302 e. The molecule has 30 heavy (non-hydrogen) atoms. The maximum Gasteiger partial charge on any atom is 0.330 e. The average Bonchev–Trinajstić information content (AvgIpc) is 2.75. The molecule has 0 spiro atoms. The Morgan fingerprint density at radius 3 is 2.17 bits per heavy atom. The van der Waals surface area contributed by atoms with Crippen molar-refractivity contribution in [2.75, 3.05) is 0 Å². The predicted octanol–water partition coefficient (Wildman–Crippen LogP) is 2.13. The van der Waals surface area contributed by atoms with Crippen LogP contribution in [0, 0.1) is 0 Å². The highest BCUT2D eigenvalue weighted by molar-refractivity contribution is 7.89. The van der Waals surface area contributed by atoms with Gasteiger partial charge in [-0.15, -0.1) is 0 Å². The second-order valence-corrected chi connectivity index (χ2v) is 8.90. The zero-order chi connectivity index (χ0) is 21.7. The summed E-state index contributed by atoms with van der Waals surface area (Å²) in [6, 6.07) is 18.7. The molecule has 1 aromatic heterocycles. The minimum atomic E-state index is -4.14. The van der Waals surface area contributed by atoms with E-state index in [1.54, 1.807) is 0 Å². The molecule has 158 valence electrons. The van der Waals surface area contributed by atoms with Crippen molar-refractivity contribution in [2.45, 2.75) is 30.2 Å². The summed E-state index contributed by atoms with van der Waals surface area (Å²) in [5.41, 5.74) is 0.568. The first-order chi connectivity index (χ1) is 14.3. The molecule has 0 bridgehead atoms. The van der Waals surface area contributed by atoms with Crippen LogP contribution in [-0.4, -0.2) is 17.6 Å². The summed E-state index contributed by atoms with van der Waals surface area (Å²) in [7, 11) is -1.46. The van der Waals surface area contributed by atoms with Crippen molar-refractivity contribution in [2.24, 2.45) is 14.1 Å². The number of nitrogens with zero attached hydrogens (tertiary/aromatic N) is 2. The Labute approximate surface area is 175 Å². The summed E-state index contributed by atoms with van der Waals surface area (Å²) < 4.78 is 30.6. The molecule has 8 heteroatoms. The molecule has 0 aliphatic rings. The fraction of sp³-hybridized carbons (Fsp3) is 0.273. The molecule has 0 amide bonds. The molecule has 0 aliphatic carbocycles.